The monoisotopic (exact) mass is 480 g/mol. The summed E-state index contributed by atoms with van der Waals surface area (Å²) < 4.78 is 0. The van der Waals surface area contributed by atoms with Crippen LogP contribution in [0.4, 0.5) is 0 Å². The molecule has 0 aliphatic heterocycles. The van der Waals surface area contributed by atoms with Crippen LogP contribution >= 0.6 is 0 Å². The summed E-state index contributed by atoms with van der Waals surface area (Å²) in [6.45, 7) is 13.4. The van der Waals surface area contributed by atoms with Gasteiger partial charge < -0.3 is 0 Å². The molecular weight excluding hydrogens is 444 g/mol. The van der Waals surface area contributed by atoms with Gasteiger partial charge in [0.25, 0.3) is 0 Å². The molecule has 0 aliphatic rings. The molecule has 0 amide bonds. The highest BCUT2D eigenvalue weighted by atomic mass is 17.5. The predicted molar refractivity (Wildman–Crippen MR) is 135 cm³/mol. The van der Waals surface area contributed by atoms with Gasteiger partial charge in [0.1, 0.15) is 11.2 Å². The van der Waals surface area contributed by atoms with Crippen molar-refractivity contribution in [3.63, 3.8) is 0 Å². The Labute approximate surface area is 208 Å². The number of rotatable bonds is 8. The SMILES string of the molecule is CC(C)(C)OOOC(=O)c1ccccc1.CC(C)(OOC(C)(C)c1ccccc1)c1ccccc1. The van der Waals surface area contributed by atoms with Crippen molar-refractivity contribution in [2.24, 2.45) is 0 Å². The summed E-state index contributed by atoms with van der Waals surface area (Å²) in [5, 5.41) is 4.36. The van der Waals surface area contributed by atoms with Gasteiger partial charge in [-0.3, -0.25) is 4.89 Å². The molecule has 188 valence electrons. The number of benzene rings is 3. The van der Waals surface area contributed by atoms with Crippen molar-refractivity contribution >= 4 is 5.97 Å². The quantitative estimate of drug-likeness (QED) is 0.249. The summed E-state index contributed by atoms with van der Waals surface area (Å²) >= 11 is 0. The van der Waals surface area contributed by atoms with Gasteiger partial charge in [0, 0.05) is 0 Å². The lowest BCUT2D eigenvalue weighted by Gasteiger charge is -2.31. The van der Waals surface area contributed by atoms with E-state index < -0.39 is 22.8 Å². The van der Waals surface area contributed by atoms with E-state index in [1.54, 1.807) is 45.0 Å². The summed E-state index contributed by atoms with van der Waals surface area (Å²) in [5.74, 6) is -0.583. The lowest BCUT2D eigenvalue weighted by Crippen LogP contribution is -2.29. The first kappa shape index (κ1) is 28.2. The molecular formula is C29H36O6. The Morgan fingerprint density at radius 3 is 1.29 bits per heavy atom. The molecule has 0 saturated heterocycles. The third-order valence-corrected chi connectivity index (χ3v) is 4.80. The van der Waals surface area contributed by atoms with E-state index in [-0.39, 0.29) is 0 Å². The smallest absolute Gasteiger partial charge is 0.263 e. The molecule has 0 unspecified atom stereocenters. The zero-order chi connectivity index (χ0) is 26.0. The lowest BCUT2D eigenvalue weighted by atomic mass is 9.98. The molecule has 0 saturated carbocycles. The minimum absolute atomic E-state index is 0.412. The number of hydrogen-bond acceptors (Lipinski definition) is 6. The topological polar surface area (TPSA) is 63.2 Å². The maximum absolute atomic E-state index is 11.3. The first-order valence-electron chi connectivity index (χ1n) is 11.5. The molecule has 3 aromatic rings. The molecule has 0 heterocycles. The fourth-order valence-electron chi connectivity index (χ4n) is 2.76. The van der Waals surface area contributed by atoms with E-state index in [9.17, 15) is 4.79 Å². The Hall–Kier alpha value is -3.03. The van der Waals surface area contributed by atoms with Crippen LogP contribution in [0.5, 0.6) is 0 Å². The van der Waals surface area contributed by atoms with Crippen molar-refractivity contribution in [3.8, 4) is 0 Å². The largest absolute Gasteiger partial charge is 0.376 e. The summed E-state index contributed by atoms with van der Waals surface area (Å²) in [6.07, 6.45) is 0. The minimum Gasteiger partial charge on any atom is -0.263 e. The second kappa shape index (κ2) is 12.6. The van der Waals surface area contributed by atoms with Crippen molar-refractivity contribution < 1.29 is 29.4 Å². The minimum atomic E-state index is -0.583. The number of carbonyl (C=O) groups is 1. The molecule has 0 spiro atoms. The molecule has 0 fully saturated rings. The van der Waals surface area contributed by atoms with Crippen LogP contribution in [0.2, 0.25) is 0 Å². The number of hydrogen-bond donors (Lipinski definition) is 0. The van der Waals surface area contributed by atoms with Crippen LogP contribution in [0, 0.1) is 0 Å². The Bertz CT molecular complexity index is 958. The summed E-state index contributed by atoms with van der Waals surface area (Å²) in [6, 6.07) is 28.7. The highest BCUT2D eigenvalue weighted by Crippen LogP contribution is 2.31. The van der Waals surface area contributed by atoms with Crippen LogP contribution in [0.25, 0.3) is 0 Å². The molecule has 0 bridgehead atoms. The van der Waals surface area contributed by atoms with E-state index in [0.717, 1.165) is 11.1 Å². The van der Waals surface area contributed by atoms with Gasteiger partial charge in [0.05, 0.1) is 11.2 Å². The van der Waals surface area contributed by atoms with Crippen molar-refractivity contribution in [1.82, 2.24) is 0 Å². The van der Waals surface area contributed by atoms with Crippen LogP contribution < -0.4 is 0 Å². The Balaban J connectivity index is 0.000000258. The van der Waals surface area contributed by atoms with E-state index in [1.165, 1.54) is 0 Å². The molecule has 3 aromatic carbocycles. The molecule has 6 nitrogen and oxygen atoms in total. The van der Waals surface area contributed by atoms with Gasteiger partial charge in [-0.05, 0) is 76.8 Å². The Morgan fingerprint density at radius 2 is 0.914 bits per heavy atom. The van der Waals surface area contributed by atoms with Gasteiger partial charge >= 0.3 is 5.97 Å². The van der Waals surface area contributed by atoms with Crippen LogP contribution in [-0.2, 0) is 35.8 Å². The average molecular weight is 481 g/mol. The zero-order valence-electron chi connectivity index (χ0n) is 21.6. The Morgan fingerprint density at radius 1 is 0.543 bits per heavy atom. The van der Waals surface area contributed by atoms with E-state index in [2.05, 4.69) is 9.93 Å². The maximum atomic E-state index is 11.3. The van der Waals surface area contributed by atoms with E-state index in [1.807, 2.05) is 94.4 Å². The van der Waals surface area contributed by atoms with Crippen LogP contribution in [0.1, 0.15) is 70.0 Å². The second-order valence-electron chi connectivity index (χ2n) is 9.92. The van der Waals surface area contributed by atoms with Gasteiger partial charge in [0.15, 0.2) is 0 Å². The van der Waals surface area contributed by atoms with Gasteiger partial charge in [-0.2, -0.15) is 4.89 Å². The molecule has 0 atom stereocenters. The standard InChI is InChI=1S/C18H22O2.C11H14O4/c1-17(2,15-11-7-5-8-12-15)19-20-18(3,4)16-13-9-6-10-14-16;1-11(2,3)14-15-13-10(12)9-7-5-4-6-8-9/h5-14H,1-4H3;4-8H,1-3H3. The van der Waals surface area contributed by atoms with E-state index in [0.29, 0.717) is 5.56 Å². The van der Waals surface area contributed by atoms with Crippen LogP contribution in [-0.4, -0.2) is 11.6 Å². The van der Waals surface area contributed by atoms with Crippen molar-refractivity contribution in [3.05, 3.63) is 108 Å². The summed E-state index contributed by atoms with van der Waals surface area (Å²) in [7, 11) is 0. The van der Waals surface area contributed by atoms with E-state index in [4.69, 9.17) is 14.7 Å². The lowest BCUT2D eigenvalue weighted by molar-refractivity contribution is -0.510. The van der Waals surface area contributed by atoms with Gasteiger partial charge in [-0.25, -0.2) is 14.6 Å². The van der Waals surface area contributed by atoms with E-state index >= 15 is 0 Å². The predicted octanol–water partition coefficient (Wildman–Crippen LogP) is 7.31. The molecule has 0 radical (unpaired) electrons. The first-order chi connectivity index (χ1) is 16.4. The van der Waals surface area contributed by atoms with Crippen molar-refractivity contribution in [1.29, 1.82) is 0 Å². The molecule has 0 aromatic heterocycles. The van der Waals surface area contributed by atoms with Crippen molar-refractivity contribution in [2.45, 2.75) is 65.3 Å². The fourth-order valence-corrected chi connectivity index (χ4v) is 2.76. The van der Waals surface area contributed by atoms with Gasteiger partial charge in [-0.1, -0.05) is 78.9 Å². The number of carbonyl (C=O) groups excluding carboxylic acids is 1. The Kier molecular flexibility index (Phi) is 10.2. The molecule has 0 aliphatic carbocycles. The fraction of sp³-hybridized carbons (Fsp3) is 0.345. The first-order valence-corrected chi connectivity index (χ1v) is 11.5. The normalized spacial score (nSPS) is 11.9. The molecule has 6 heteroatoms. The second-order valence-corrected chi connectivity index (χ2v) is 9.92. The van der Waals surface area contributed by atoms with Crippen LogP contribution in [0.15, 0.2) is 91.0 Å². The summed E-state index contributed by atoms with van der Waals surface area (Å²) in [5.41, 5.74) is 1.08. The van der Waals surface area contributed by atoms with Crippen LogP contribution in [0.3, 0.4) is 0 Å². The zero-order valence-corrected chi connectivity index (χ0v) is 21.6. The average Bonchev–Trinajstić information content (AvgIpc) is 2.84. The highest BCUT2D eigenvalue weighted by Gasteiger charge is 2.29. The molecule has 0 N–H and O–H groups in total. The third-order valence-electron chi connectivity index (χ3n) is 4.80. The van der Waals surface area contributed by atoms with Gasteiger partial charge in [-0.15, -0.1) is 0 Å². The maximum Gasteiger partial charge on any atom is 0.376 e. The van der Waals surface area contributed by atoms with Gasteiger partial charge in [0.2, 0.25) is 0 Å². The molecule has 35 heavy (non-hydrogen) atoms. The third kappa shape index (κ3) is 10.0. The highest BCUT2D eigenvalue weighted by molar-refractivity contribution is 5.88. The molecule has 3 rings (SSSR count). The summed E-state index contributed by atoms with van der Waals surface area (Å²) in [4.78, 5) is 32.0. The van der Waals surface area contributed by atoms with Crippen molar-refractivity contribution in [2.75, 3.05) is 0 Å².